The maximum atomic E-state index is 12.7. The van der Waals surface area contributed by atoms with Crippen molar-refractivity contribution in [2.45, 2.75) is 38.6 Å². The Morgan fingerprint density at radius 1 is 0.900 bits per heavy atom. The van der Waals surface area contributed by atoms with Gasteiger partial charge in [0, 0.05) is 56.8 Å². The van der Waals surface area contributed by atoms with Crippen molar-refractivity contribution in [2.75, 3.05) is 39.3 Å². The Hall–Kier alpha value is -2.60. The minimum Gasteiger partial charge on any atom is -0.340 e. The first-order chi connectivity index (χ1) is 14.6. The highest BCUT2D eigenvalue weighted by Crippen LogP contribution is 2.17. The van der Waals surface area contributed by atoms with Crippen LogP contribution < -0.4 is 0 Å². The number of hydrogen-bond acceptors (Lipinski definition) is 3. The summed E-state index contributed by atoms with van der Waals surface area (Å²) in [7, 11) is 0. The highest BCUT2D eigenvalue weighted by molar-refractivity contribution is 5.80. The van der Waals surface area contributed by atoms with E-state index in [1.165, 1.54) is 6.42 Å². The maximum Gasteiger partial charge on any atom is 0.236 e. The number of amides is 2. The van der Waals surface area contributed by atoms with E-state index in [-0.39, 0.29) is 11.8 Å². The fraction of sp³-hybridized carbons (Fsp3) is 0.500. The highest BCUT2D eigenvalue weighted by Gasteiger charge is 2.27. The number of piperazine rings is 1. The summed E-state index contributed by atoms with van der Waals surface area (Å²) in [5.41, 5.74) is 2.13. The summed E-state index contributed by atoms with van der Waals surface area (Å²) in [6.07, 6.45) is 7.90. The zero-order valence-corrected chi connectivity index (χ0v) is 17.9. The third-order valence-corrected chi connectivity index (χ3v) is 6.40. The second-order valence-electron chi connectivity index (χ2n) is 8.52. The van der Waals surface area contributed by atoms with E-state index in [1.807, 2.05) is 58.6 Å². The Labute approximate surface area is 179 Å². The van der Waals surface area contributed by atoms with Gasteiger partial charge in [-0.2, -0.15) is 0 Å². The standard InChI is InChI=1S/C24H32N4O2/c1-20-6-2-3-13-28(20)24(30)19-25-14-16-27(17-15-25)23(29)18-21-7-9-22(10-8-21)26-11-4-5-12-26/h4-5,7-12,20H,2-3,6,13-19H2,1H3. The first-order valence-corrected chi connectivity index (χ1v) is 11.1. The first kappa shape index (κ1) is 20.7. The molecule has 0 aliphatic carbocycles. The van der Waals surface area contributed by atoms with Crippen LogP contribution in [0.4, 0.5) is 0 Å². The minimum absolute atomic E-state index is 0.166. The summed E-state index contributed by atoms with van der Waals surface area (Å²) >= 11 is 0. The lowest BCUT2D eigenvalue weighted by Gasteiger charge is -2.38. The summed E-state index contributed by atoms with van der Waals surface area (Å²) in [6.45, 7) is 6.46. The second kappa shape index (κ2) is 9.47. The summed E-state index contributed by atoms with van der Waals surface area (Å²) in [6, 6.07) is 12.5. The molecule has 0 N–H and O–H groups in total. The average molecular weight is 409 g/mol. The van der Waals surface area contributed by atoms with E-state index in [2.05, 4.69) is 16.4 Å². The monoisotopic (exact) mass is 408 g/mol. The average Bonchev–Trinajstić information content (AvgIpc) is 3.30. The van der Waals surface area contributed by atoms with Crippen molar-refractivity contribution in [3.05, 3.63) is 54.4 Å². The molecule has 3 heterocycles. The summed E-state index contributed by atoms with van der Waals surface area (Å²) in [5.74, 6) is 0.407. The highest BCUT2D eigenvalue weighted by atomic mass is 16.2. The van der Waals surface area contributed by atoms with Crippen LogP contribution in [0.3, 0.4) is 0 Å². The Morgan fingerprint density at radius 2 is 1.60 bits per heavy atom. The lowest BCUT2D eigenvalue weighted by molar-refractivity contribution is -0.137. The zero-order chi connectivity index (χ0) is 20.9. The quantitative estimate of drug-likeness (QED) is 0.764. The molecule has 2 aliphatic heterocycles. The van der Waals surface area contributed by atoms with E-state index in [1.54, 1.807) is 0 Å². The SMILES string of the molecule is CC1CCCCN1C(=O)CN1CCN(C(=O)Cc2ccc(-n3cccc3)cc2)CC1. The molecule has 0 bridgehead atoms. The Kier molecular flexibility index (Phi) is 6.53. The van der Waals surface area contributed by atoms with Crippen LogP contribution in [0, 0.1) is 0 Å². The van der Waals surface area contributed by atoms with E-state index < -0.39 is 0 Å². The van der Waals surface area contributed by atoms with Crippen LogP contribution in [0.15, 0.2) is 48.8 Å². The van der Waals surface area contributed by atoms with Gasteiger partial charge in [-0.05, 0) is 56.0 Å². The number of rotatable bonds is 5. The van der Waals surface area contributed by atoms with E-state index >= 15 is 0 Å². The number of carbonyl (C=O) groups excluding carboxylic acids is 2. The maximum absolute atomic E-state index is 12.7. The fourth-order valence-electron chi connectivity index (χ4n) is 4.49. The molecule has 30 heavy (non-hydrogen) atoms. The van der Waals surface area contributed by atoms with Gasteiger partial charge in [0.2, 0.25) is 11.8 Å². The molecular formula is C24H32N4O2. The number of benzene rings is 1. The predicted octanol–water partition coefficient (Wildman–Crippen LogP) is 2.57. The molecule has 2 aliphatic rings. The number of hydrogen-bond donors (Lipinski definition) is 0. The van der Waals surface area contributed by atoms with Gasteiger partial charge in [0.1, 0.15) is 0 Å². The molecule has 2 fully saturated rings. The van der Waals surface area contributed by atoms with Crippen molar-refractivity contribution >= 4 is 11.8 Å². The molecule has 0 spiro atoms. The summed E-state index contributed by atoms with van der Waals surface area (Å²) in [5, 5.41) is 0. The van der Waals surface area contributed by atoms with Crippen molar-refractivity contribution in [2.24, 2.45) is 0 Å². The molecule has 2 amide bonds. The van der Waals surface area contributed by atoms with Gasteiger partial charge in [0.15, 0.2) is 0 Å². The molecule has 160 valence electrons. The Balaban J connectivity index is 1.23. The van der Waals surface area contributed by atoms with Crippen LogP contribution in [0.25, 0.3) is 5.69 Å². The fourth-order valence-corrected chi connectivity index (χ4v) is 4.49. The number of nitrogens with zero attached hydrogens (tertiary/aromatic N) is 4. The molecule has 6 heteroatoms. The number of likely N-dealkylation sites (tertiary alicyclic amines) is 1. The molecule has 1 atom stereocenters. The smallest absolute Gasteiger partial charge is 0.236 e. The lowest BCUT2D eigenvalue weighted by Crippen LogP contribution is -2.53. The molecule has 1 aromatic carbocycles. The van der Waals surface area contributed by atoms with Crippen LogP contribution in [0.1, 0.15) is 31.7 Å². The van der Waals surface area contributed by atoms with Gasteiger partial charge in [0.25, 0.3) is 0 Å². The largest absolute Gasteiger partial charge is 0.340 e. The van der Waals surface area contributed by atoms with Gasteiger partial charge in [-0.25, -0.2) is 0 Å². The molecule has 2 aromatic rings. The van der Waals surface area contributed by atoms with Crippen molar-refractivity contribution in [1.29, 1.82) is 0 Å². The third kappa shape index (κ3) is 4.93. The Morgan fingerprint density at radius 3 is 2.27 bits per heavy atom. The van der Waals surface area contributed by atoms with Crippen molar-refractivity contribution in [1.82, 2.24) is 19.3 Å². The molecule has 0 saturated carbocycles. The lowest BCUT2D eigenvalue weighted by atomic mass is 10.0. The van der Waals surface area contributed by atoms with Crippen LogP contribution in [-0.2, 0) is 16.0 Å². The van der Waals surface area contributed by atoms with Crippen molar-refractivity contribution < 1.29 is 9.59 Å². The van der Waals surface area contributed by atoms with E-state index in [9.17, 15) is 9.59 Å². The zero-order valence-electron chi connectivity index (χ0n) is 17.9. The molecule has 1 unspecified atom stereocenters. The van der Waals surface area contributed by atoms with Gasteiger partial charge in [-0.3, -0.25) is 14.5 Å². The van der Waals surface area contributed by atoms with Crippen LogP contribution in [-0.4, -0.2) is 76.4 Å². The minimum atomic E-state index is 0.166. The molecule has 4 rings (SSSR count). The molecular weight excluding hydrogens is 376 g/mol. The molecule has 1 aromatic heterocycles. The van der Waals surface area contributed by atoms with Crippen LogP contribution in [0.2, 0.25) is 0 Å². The van der Waals surface area contributed by atoms with Crippen molar-refractivity contribution in [3.63, 3.8) is 0 Å². The van der Waals surface area contributed by atoms with E-state index in [0.29, 0.717) is 32.1 Å². The van der Waals surface area contributed by atoms with Gasteiger partial charge >= 0.3 is 0 Å². The molecule has 6 nitrogen and oxygen atoms in total. The topological polar surface area (TPSA) is 48.8 Å². The summed E-state index contributed by atoms with van der Waals surface area (Å²) < 4.78 is 2.05. The van der Waals surface area contributed by atoms with Gasteiger partial charge in [0.05, 0.1) is 13.0 Å². The van der Waals surface area contributed by atoms with Gasteiger partial charge < -0.3 is 14.4 Å². The van der Waals surface area contributed by atoms with Gasteiger partial charge in [-0.1, -0.05) is 12.1 Å². The van der Waals surface area contributed by atoms with Crippen LogP contribution in [0.5, 0.6) is 0 Å². The van der Waals surface area contributed by atoms with E-state index in [4.69, 9.17) is 0 Å². The summed E-state index contributed by atoms with van der Waals surface area (Å²) in [4.78, 5) is 31.5. The Bertz CT molecular complexity index is 839. The van der Waals surface area contributed by atoms with Gasteiger partial charge in [-0.15, -0.1) is 0 Å². The first-order valence-electron chi connectivity index (χ1n) is 11.1. The van der Waals surface area contributed by atoms with E-state index in [0.717, 1.165) is 43.7 Å². The predicted molar refractivity (Wildman–Crippen MR) is 118 cm³/mol. The number of piperidine rings is 1. The number of aromatic nitrogens is 1. The number of carbonyl (C=O) groups is 2. The third-order valence-electron chi connectivity index (χ3n) is 6.40. The molecule has 0 radical (unpaired) electrons. The van der Waals surface area contributed by atoms with Crippen molar-refractivity contribution in [3.8, 4) is 5.69 Å². The molecule has 2 saturated heterocycles. The van der Waals surface area contributed by atoms with Crippen LogP contribution >= 0.6 is 0 Å². The second-order valence-corrected chi connectivity index (χ2v) is 8.52. The normalized spacial score (nSPS) is 20.4.